The van der Waals surface area contributed by atoms with Crippen LogP contribution < -0.4 is 26.3 Å². The largest absolute Gasteiger partial charge is 1.00 e. The predicted molar refractivity (Wildman–Crippen MR) is 164 cm³/mol. The molecule has 0 radical (unpaired) electrons. The Morgan fingerprint density at radius 3 is 1.52 bits per heavy atom. The van der Waals surface area contributed by atoms with Gasteiger partial charge >= 0.3 is 0 Å². The zero-order valence-electron chi connectivity index (χ0n) is 24.0. The third-order valence-corrected chi connectivity index (χ3v) is 7.55. The van der Waals surface area contributed by atoms with E-state index in [2.05, 4.69) is 114 Å². The minimum Gasteiger partial charge on any atom is -1.00 e. The van der Waals surface area contributed by atoms with Crippen LogP contribution in [0, 0.1) is 0 Å². The summed E-state index contributed by atoms with van der Waals surface area (Å²) >= 11 is 0. The summed E-state index contributed by atoms with van der Waals surface area (Å²) in [4.78, 5) is 0. The minimum absolute atomic E-state index is 0. The van der Waals surface area contributed by atoms with Crippen LogP contribution in [0.1, 0.15) is 75.3 Å². The van der Waals surface area contributed by atoms with Crippen LogP contribution in [0.3, 0.4) is 0 Å². The Labute approximate surface area is 253 Å². The summed E-state index contributed by atoms with van der Waals surface area (Å²) in [5.74, 6) is 1.00. The van der Waals surface area contributed by atoms with E-state index in [1.54, 1.807) is 0 Å². The number of hydrogen-bond donors (Lipinski definition) is 0. The van der Waals surface area contributed by atoms with Gasteiger partial charge in [0.15, 0.2) is 12.4 Å². The molecule has 0 bridgehead atoms. The molecule has 0 aliphatic carbocycles. The predicted octanol–water partition coefficient (Wildman–Crippen LogP) is 6.41. The summed E-state index contributed by atoms with van der Waals surface area (Å²) in [7, 11) is 0. The lowest BCUT2D eigenvalue weighted by molar-refractivity contribution is -0.697. The number of halogens is 1. The van der Waals surface area contributed by atoms with Crippen LogP contribution in [0.25, 0.3) is 11.1 Å². The molecule has 0 saturated heterocycles. The van der Waals surface area contributed by atoms with E-state index in [0.717, 1.165) is 38.2 Å². The molecule has 4 aromatic rings. The van der Waals surface area contributed by atoms with Crippen molar-refractivity contribution in [1.29, 1.82) is 0 Å². The molecule has 1 aromatic heterocycles. The first-order chi connectivity index (χ1) is 19.4. The Morgan fingerprint density at radius 1 is 0.450 bits per heavy atom. The van der Waals surface area contributed by atoms with E-state index in [1.165, 1.54) is 80.0 Å². The smallest absolute Gasteiger partial charge is 0.169 e. The number of pyridine rings is 1. The van der Waals surface area contributed by atoms with Gasteiger partial charge in [-0.25, -0.2) is 4.57 Å². The molecule has 0 aliphatic heterocycles. The summed E-state index contributed by atoms with van der Waals surface area (Å²) in [6, 6.07) is 34.4. The fraction of sp³-hybridized carbons (Fsp3) is 0.378. The van der Waals surface area contributed by atoms with Crippen molar-refractivity contribution in [2.24, 2.45) is 0 Å². The van der Waals surface area contributed by atoms with E-state index in [0.29, 0.717) is 0 Å². The van der Waals surface area contributed by atoms with Gasteiger partial charge in [-0.15, -0.1) is 0 Å². The fourth-order valence-electron chi connectivity index (χ4n) is 5.12. The van der Waals surface area contributed by atoms with Crippen LogP contribution in [-0.2, 0) is 19.4 Å². The second-order valence-corrected chi connectivity index (χ2v) is 10.7. The minimum atomic E-state index is 0. The van der Waals surface area contributed by atoms with Crippen molar-refractivity contribution in [2.75, 3.05) is 6.61 Å². The molecule has 0 amide bonds. The maximum Gasteiger partial charge on any atom is 0.169 e. The number of nitrogens with zero attached hydrogens (tertiary/aromatic N) is 1. The number of aryl methyl sites for hydroxylation is 3. The van der Waals surface area contributed by atoms with Crippen molar-refractivity contribution >= 4 is 0 Å². The highest BCUT2D eigenvalue weighted by molar-refractivity contribution is 5.61. The van der Waals surface area contributed by atoms with Gasteiger partial charge < -0.3 is 21.7 Å². The summed E-state index contributed by atoms with van der Waals surface area (Å²) < 4.78 is 8.28. The Hall–Kier alpha value is -2.91. The third kappa shape index (κ3) is 12.1. The van der Waals surface area contributed by atoms with Crippen LogP contribution in [0.4, 0.5) is 0 Å². The number of aromatic nitrogens is 1. The van der Waals surface area contributed by atoms with Gasteiger partial charge in [-0.2, -0.15) is 0 Å². The fourth-order valence-corrected chi connectivity index (χ4v) is 5.12. The van der Waals surface area contributed by atoms with Crippen LogP contribution in [0.5, 0.6) is 5.75 Å². The van der Waals surface area contributed by atoms with Crippen molar-refractivity contribution in [3.63, 3.8) is 0 Å². The van der Waals surface area contributed by atoms with Gasteiger partial charge in [0.25, 0.3) is 0 Å². The number of benzene rings is 3. The van der Waals surface area contributed by atoms with Gasteiger partial charge in [-0.1, -0.05) is 118 Å². The average Bonchev–Trinajstić information content (AvgIpc) is 3.00. The molecule has 3 heteroatoms. The number of hydrogen-bond acceptors (Lipinski definition) is 1. The van der Waals surface area contributed by atoms with E-state index < -0.39 is 0 Å². The Balaban J connectivity index is 0.00000441. The molecule has 1 heterocycles. The molecule has 0 fully saturated rings. The first-order valence-corrected chi connectivity index (χ1v) is 15.2. The SMILES string of the molecule is [Br-].c1ccc(CCc2ccc(OCCCCCCCCCCCC[n+]3ccc(-c4ccccc4)cc3)cc2)cc1. The molecular weight excluding hydrogens is 554 g/mol. The van der Waals surface area contributed by atoms with Gasteiger partial charge in [0, 0.05) is 18.6 Å². The number of ether oxygens (including phenoxy) is 1. The molecule has 0 N–H and O–H groups in total. The quantitative estimate of drug-likeness (QED) is 0.0951. The topological polar surface area (TPSA) is 13.1 Å². The number of rotatable bonds is 18. The molecule has 3 aromatic carbocycles. The lowest BCUT2D eigenvalue weighted by Crippen LogP contribution is -3.00. The van der Waals surface area contributed by atoms with Gasteiger partial charge in [-0.05, 0) is 60.1 Å². The van der Waals surface area contributed by atoms with Crippen LogP contribution in [0.15, 0.2) is 109 Å². The van der Waals surface area contributed by atoms with Crippen molar-refractivity contribution in [3.8, 4) is 16.9 Å². The maximum absolute atomic E-state index is 5.96. The highest BCUT2D eigenvalue weighted by Gasteiger charge is 2.03. The molecule has 0 aliphatic rings. The first-order valence-electron chi connectivity index (χ1n) is 15.2. The Kier molecular flexibility index (Phi) is 15.2. The van der Waals surface area contributed by atoms with E-state index in [1.807, 2.05) is 0 Å². The highest BCUT2D eigenvalue weighted by Crippen LogP contribution is 2.17. The normalized spacial score (nSPS) is 10.7. The lowest BCUT2D eigenvalue weighted by atomic mass is 10.0. The summed E-state index contributed by atoms with van der Waals surface area (Å²) in [6.07, 6.45) is 19.8. The molecule has 0 saturated carbocycles. The molecule has 0 unspecified atom stereocenters. The zero-order valence-corrected chi connectivity index (χ0v) is 25.6. The molecule has 4 rings (SSSR count). The lowest BCUT2D eigenvalue weighted by Gasteiger charge is -2.08. The third-order valence-electron chi connectivity index (χ3n) is 7.55. The second-order valence-electron chi connectivity index (χ2n) is 10.7. The number of unbranched alkanes of at least 4 members (excludes halogenated alkanes) is 9. The summed E-state index contributed by atoms with van der Waals surface area (Å²) in [5.41, 5.74) is 5.35. The van der Waals surface area contributed by atoms with E-state index in [-0.39, 0.29) is 17.0 Å². The van der Waals surface area contributed by atoms with Gasteiger partial charge in [0.2, 0.25) is 0 Å². The van der Waals surface area contributed by atoms with Crippen molar-refractivity contribution < 1.29 is 26.3 Å². The molecule has 2 nitrogen and oxygen atoms in total. The summed E-state index contributed by atoms with van der Waals surface area (Å²) in [6.45, 7) is 1.95. The maximum atomic E-state index is 5.96. The van der Waals surface area contributed by atoms with Crippen LogP contribution in [-0.4, -0.2) is 6.61 Å². The average molecular weight is 601 g/mol. The van der Waals surface area contributed by atoms with E-state index in [4.69, 9.17) is 4.74 Å². The van der Waals surface area contributed by atoms with Gasteiger partial charge in [0.05, 0.1) is 6.61 Å². The van der Waals surface area contributed by atoms with E-state index in [9.17, 15) is 0 Å². The highest BCUT2D eigenvalue weighted by atomic mass is 79.9. The Morgan fingerprint density at radius 2 is 0.925 bits per heavy atom. The van der Waals surface area contributed by atoms with Crippen LogP contribution >= 0.6 is 0 Å². The van der Waals surface area contributed by atoms with Crippen LogP contribution in [0.2, 0.25) is 0 Å². The second kappa shape index (κ2) is 19.2. The standard InChI is InChI=1S/C37H46NO.BrH/c1(3-5-7-15-29-38-30-27-36(28-31-38)35-19-13-10-14-20-35)2-4-6-8-16-32-39-37-25-23-34(24-26-37)22-21-33-17-11-9-12-18-33;/h9-14,17-20,23-28,30-31H,1-8,15-16,21-22,29,32H2;1H/q+1;/p-1. The van der Waals surface area contributed by atoms with Gasteiger partial charge in [-0.3, -0.25) is 0 Å². The molecule has 40 heavy (non-hydrogen) atoms. The first kappa shape index (κ1) is 31.6. The molecule has 0 spiro atoms. The Bertz CT molecular complexity index is 1160. The summed E-state index contributed by atoms with van der Waals surface area (Å²) in [5, 5.41) is 0. The monoisotopic (exact) mass is 599 g/mol. The van der Waals surface area contributed by atoms with E-state index >= 15 is 0 Å². The molecule has 0 atom stereocenters. The molecule has 212 valence electrons. The van der Waals surface area contributed by atoms with Crippen molar-refractivity contribution in [2.45, 2.75) is 83.6 Å². The molecular formula is C37H46BrNO. The van der Waals surface area contributed by atoms with Gasteiger partial charge in [0.1, 0.15) is 12.3 Å². The van der Waals surface area contributed by atoms with Crippen molar-refractivity contribution in [1.82, 2.24) is 0 Å². The van der Waals surface area contributed by atoms with Crippen molar-refractivity contribution in [3.05, 3.63) is 121 Å². The zero-order chi connectivity index (χ0) is 26.8.